The third-order valence-corrected chi connectivity index (χ3v) is 5.69. The topological polar surface area (TPSA) is 64.7 Å². The van der Waals surface area contributed by atoms with Crippen LogP contribution in [0.1, 0.15) is 38.2 Å². The molecule has 2 fully saturated rings. The number of nitrogens with zero attached hydrogens (tertiary/aromatic N) is 2. The second-order valence-electron chi connectivity index (χ2n) is 7.71. The molecule has 1 aromatic carbocycles. The standard InChI is InChI=1S/C21H32N4O2/c1-2-22-21(27)23-20(26)16-25-13-7-11-19(25)18-10-6-12-24(15-18)14-17-8-4-3-5-9-17/h3-5,8-9,18-19H,2,6-7,10-16H2,1H3,(H2,22,23,26,27)/t18-,19-/m1/s1. The van der Waals surface area contributed by atoms with Crippen molar-refractivity contribution in [1.82, 2.24) is 20.4 Å². The highest BCUT2D eigenvalue weighted by atomic mass is 16.2. The summed E-state index contributed by atoms with van der Waals surface area (Å²) in [7, 11) is 0. The van der Waals surface area contributed by atoms with Gasteiger partial charge in [-0.1, -0.05) is 30.3 Å². The number of hydrogen-bond donors (Lipinski definition) is 2. The molecule has 1 aromatic rings. The fourth-order valence-electron chi connectivity index (χ4n) is 4.53. The van der Waals surface area contributed by atoms with Gasteiger partial charge in [0.05, 0.1) is 6.54 Å². The van der Waals surface area contributed by atoms with Gasteiger partial charge in [-0.3, -0.25) is 19.9 Å². The molecule has 3 rings (SSSR count). The fraction of sp³-hybridized carbons (Fsp3) is 0.619. The quantitative estimate of drug-likeness (QED) is 0.804. The summed E-state index contributed by atoms with van der Waals surface area (Å²) < 4.78 is 0. The largest absolute Gasteiger partial charge is 0.338 e. The van der Waals surface area contributed by atoms with Crippen molar-refractivity contribution >= 4 is 11.9 Å². The molecule has 27 heavy (non-hydrogen) atoms. The number of benzene rings is 1. The normalized spacial score (nSPS) is 23.9. The Hall–Kier alpha value is -1.92. The number of piperidine rings is 1. The fourth-order valence-corrected chi connectivity index (χ4v) is 4.53. The van der Waals surface area contributed by atoms with Crippen LogP contribution in [0, 0.1) is 5.92 Å². The molecule has 2 heterocycles. The molecule has 2 aliphatic heterocycles. The van der Waals surface area contributed by atoms with Crippen LogP contribution in [-0.4, -0.2) is 60.5 Å². The Balaban J connectivity index is 1.52. The van der Waals surface area contributed by atoms with E-state index >= 15 is 0 Å². The van der Waals surface area contributed by atoms with Gasteiger partial charge in [0, 0.05) is 25.7 Å². The third-order valence-electron chi connectivity index (χ3n) is 5.69. The lowest BCUT2D eigenvalue weighted by Gasteiger charge is -2.39. The Morgan fingerprint density at radius 3 is 2.67 bits per heavy atom. The summed E-state index contributed by atoms with van der Waals surface area (Å²) in [4.78, 5) is 28.6. The van der Waals surface area contributed by atoms with Gasteiger partial charge in [-0.2, -0.15) is 0 Å². The summed E-state index contributed by atoms with van der Waals surface area (Å²) in [5.41, 5.74) is 1.36. The molecular formula is C21H32N4O2. The van der Waals surface area contributed by atoms with E-state index in [4.69, 9.17) is 0 Å². The van der Waals surface area contributed by atoms with Crippen LogP contribution in [0.4, 0.5) is 4.79 Å². The van der Waals surface area contributed by atoms with Gasteiger partial charge >= 0.3 is 6.03 Å². The van der Waals surface area contributed by atoms with Crippen LogP contribution in [-0.2, 0) is 11.3 Å². The zero-order chi connectivity index (χ0) is 19.1. The minimum Gasteiger partial charge on any atom is -0.338 e. The Morgan fingerprint density at radius 2 is 1.89 bits per heavy atom. The third kappa shape index (κ3) is 5.78. The van der Waals surface area contributed by atoms with Crippen LogP contribution in [0.15, 0.2) is 30.3 Å². The van der Waals surface area contributed by atoms with Crippen LogP contribution in [0.3, 0.4) is 0 Å². The molecule has 6 heteroatoms. The Kier molecular flexibility index (Phi) is 7.24. The SMILES string of the molecule is CCNC(=O)NC(=O)CN1CCC[C@@H]1[C@@H]1CCCN(Cc2ccccc2)C1. The summed E-state index contributed by atoms with van der Waals surface area (Å²) in [6.07, 6.45) is 4.73. The smallest absolute Gasteiger partial charge is 0.321 e. The van der Waals surface area contributed by atoms with Gasteiger partial charge in [0.25, 0.3) is 0 Å². The van der Waals surface area contributed by atoms with Crippen LogP contribution < -0.4 is 10.6 Å². The van der Waals surface area contributed by atoms with Gasteiger partial charge in [0.1, 0.15) is 0 Å². The molecule has 0 bridgehead atoms. The van der Waals surface area contributed by atoms with Gasteiger partial charge in [0.15, 0.2) is 0 Å². The van der Waals surface area contributed by atoms with Crippen molar-refractivity contribution in [3.63, 3.8) is 0 Å². The van der Waals surface area contributed by atoms with E-state index in [1.54, 1.807) is 0 Å². The average Bonchev–Trinajstić information content (AvgIpc) is 3.11. The first-order valence-corrected chi connectivity index (χ1v) is 10.2. The van der Waals surface area contributed by atoms with E-state index in [-0.39, 0.29) is 5.91 Å². The molecule has 0 aromatic heterocycles. The minimum absolute atomic E-state index is 0.204. The van der Waals surface area contributed by atoms with Crippen LogP contribution in [0.2, 0.25) is 0 Å². The molecule has 6 nitrogen and oxygen atoms in total. The number of carbonyl (C=O) groups excluding carboxylic acids is 2. The maximum Gasteiger partial charge on any atom is 0.321 e. The number of carbonyl (C=O) groups is 2. The van der Waals surface area contributed by atoms with E-state index in [2.05, 4.69) is 50.8 Å². The molecule has 0 aliphatic carbocycles. The van der Waals surface area contributed by atoms with E-state index in [0.717, 1.165) is 39.0 Å². The van der Waals surface area contributed by atoms with E-state index in [1.807, 2.05) is 6.92 Å². The predicted octanol–water partition coefficient (Wildman–Crippen LogP) is 2.21. The van der Waals surface area contributed by atoms with Crippen molar-refractivity contribution < 1.29 is 9.59 Å². The van der Waals surface area contributed by atoms with Crippen LogP contribution in [0.5, 0.6) is 0 Å². The van der Waals surface area contributed by atoms with Crippen molar-refractivity contribution in [2.75, 3.05) is 32.7 Å². The molecule has 2 saturated heterocycles. The molecule has 0 radical (unpaired) electrons. The van der Waals surface area contributed by atoms with Gasteiger partial charge in [-0.15, -0.1) is 0 Å². The predicted molar refractivity (Wildman–Crippen MR) is 106 cm³/mol. The summed E-state index contributed by atoms with van der Waals surface area (Å²) >= 11 is 0. The van der Waals surface area contributed by atoms with Crippen molar-refractivity contribution in [3.8, 4) is 0 Å². The highest BCUT2D eigenvalue weighted by molar-refractivity contribution is 5.95. The number of urea groups is 1. The van der Waals surface area contributed by atoms with Gasteiger partial charge in [0.2, 0.25) is 5.91 Å². The first-order chi connectivity index (χ1) is 13.2. The number of hydrogen-bond acceptors (Lipinski definition) is 4. The van der Waals surface area contributed by atoms with Crippen LogP contribution in [0.25, 0.3) is 0 Å². The van der Waals surface area contributed by atoms with Crippen molar-refractivity contribution in [2.45, 2.75) is 45.2 Å². The summed E-state index contributed by atoms with van der Waals surface area (Å²) in [6.45, 7) is 6.86. The van der Waals surface area contributed by atoms with E-state index < -0.39 is 6.03 Å². The minimum atomic E-state index is -0.398. The number of amides is 3. The zero-order valence-corrected chi connectivity index (χ0v) is 16.3. The molecule has 0 saturated carbocycles. The second kappa shape index (κ2) is 9.85. The number of nitrogens with one attached hydrogen (secondary N) is 2. The molecule has 148 valence electrons. The number of likely N-dealkylation sites (tertiary alicyclic amines) is 2. The summed E-state index contributed by atoms with van der Waals surface area (Å²) in [5.74, 6) is 0.395. The zero-order valence-electron chi connectivity index (χ0n) is 16.3. The number of imide groups is 1. The molecule has 3 amide bonds. The average molecular weight is 373 g/mol. The van der Waals surface area contributed by atoms with E-state index in [9.17, 15) is 9.59 Å². The molecule has 0 spiro atoms. The highest BCUT2D eigenvalue weighted by Gasteiger charge is 2.35. The molecular weight excluding hydrogens is 340 g/mol. The molecule has 0 unspecified atom stereocenters. The Bertz CT molecular complexity index is 622. The summed E-state index contributed by atoms with van der Waals surface area (Å²) in [5, 5.41) is 5.04. The first kappa shape index (κ1) is 19.8. The Morgan fingerprint density at radius 1 is 1.11 bits per heavy atom. The summed E-state index contributed by atoms with van der Waals surface area (Å²) in [6, 6.07) is 10.7. The lowest BCUT2D eigenvalue weighted by Crippen LogP contribution is -2.49. The van der Waals surface area contributed by atoms with Gasteiger partial charge in [-0.05, 0) is 57.2 Å². The van der Waals surface area contributed by atoms with Gasteiger partial charge < -0.3 is 5.32 Å². The molecule has 2 aliphatic rings. The van der Waals surface area contributed by atoms with Crippen molar-refractivity contribution in [1.29, 1.82) is 0 Å². The second-order valence-corrected chi connectivity index (χ2v) is 7.71. The highest BCUT2D eigenvalue weighted by Crippen LogP contribution is 2.30. The lowest BCUT2D eigenvalue weighted by molar-refractivity contribution is -0.121. The lowest BCUT2D eigenvalue weighted by atomic mass is 9.89. The van der Waals surface area contributed by atoms with Crippen molar-refractivity contribution in [2.24, 2.45) is 5.92 Å². The van der Waals surface area contributed by atoms with E-state index in [0.29, 0.717) is 25.0 Å². The number of rotatable bonds is 6. The van der Waals surface area contributed by atoms with E-state index in [1.165, 1.54) is 18.4 Å². The Labute approximate surface area is 162 Å². The van der Waals surface area contributed by atoms with Gasteiger partial charge in [-0.25, -0.2) is 4.79 Å². The maximum absolute atomic E-state index is 12.2. The molecule has 2 N–H and O–H groups in total. The van der Waals surface area contributed by atoms with Crippen molar-refractivity contribution in [3.05, 3.63) is 35.9 Å². The maximum atomic E-state index is 12.2. The first-order valence-electron chi connectivity index (χ1n) is 10.2. The molecule has 2 atom stereocenters. The van der Waals surface area contributed by atoms with Crippen LogP contribution >= 0.6 is 0 Å². The monoisotopic (exact) mass is 372 g/mol.